The molecule has 1 aromatic heterocycles. The maximum atomic E-state index is 12.5. The molecule has 0 aliphatic rings. The van der Waals surface area contributed by atoms with E-state index in [4.69, 9.17) is 9.47 Å². The third-order valence-electron chi connectivity index (χ3n) is 4.24. The van der Waals surface area contributed by atoms with E-state index in [0.29, 0.717) is 17.1 Å². The third-order valence-corrected chi connectivity index (χ3v) is 5.28. The molecular weight excluding hydrogens is 388 g/mol. The molecule has 6 heteroatoms. The van der Waals surface area contributed by atoms with Gasteiger partial charge in [-0.2, -0.15) is 0 Å². The van der Waals surface area contributed by atoms with E-state index in [1.807, 2.05) is 19.1 Å². The molecule has 3 rings (SSSR count). The van der Waals surface area contributed by atoms with Gasteiger partial charge < -0.3 is 9.47 Å². The fraction of sp³-hybridized carbons (Fsp3) is 0.174. The van der Waals surface area contributed by atoms with E-state index in [1.54, 1.807) is 49.6 Å². The summed E-state index contributed by atoms with van der Waals surface area (Å²) < 4.78 is 11.0. The highest BCUT2D eigenvalue weighted by Crippen LogP contribution is 2.28. The largest absolute Gasteiger partial charge is 0.497 e. The summed E-state index contributed by atoms with van der Waals surface area (Å²) in [6.07, 6.45) is 2.62. The summed E-state index contributed by atoms with van der Waals surface area (Å²) >= 11 is 0.961. The van der Waals surface area contributed by atoms with Crippen LogP contribution in [-0.4, -0.2) is 25.3 Å². The number of carbonyl (C=O) groups excluding carboxylic acids is 2. The molecular formula is C23H20O5S. The number of hydrogen-bond donors (Lipinski definition) is 0. The second-order valence-corrected chi connectivity index (χ2v) is 7.21. The van der Waals surface area contributed by atoms with Crippen LogP contribution in [0.5, 0.6) is 11.5 Å². The number of methoxy groups -OCH3 is 1. The van der Waals surface area contributed by atoms with E-state index in [1.165, 1.54) is 6.08 Å². The van der Waals surface area contributed by atoms with Gasteiger partial charge in [0, 0.05) is 0 Å². The van der Waals surface area contributed by atoms with Crippen molar-refractivity contribution in [3.8, 4) is 11.5 Å². The van der Waals surface area contributed by atoms with Crippen LogP contribution in [0.25, 0.3) is 16.2 Å². The maximum Gasteiger partial charge on any atom is 0.243 e. The predicted molar refractivity (Wildman–Crippen MR) is 115 cm³/mol. The van der Waals surface area contributed by atoms with Gasteiger partial charge in [0.25, 0.3) is 0 Å². The van der Waals surface area contributed by atoms with Crippen molar-refractivity contribution in [3.63, 3.8) is 0 Å². The Morgan fingerprint density at radius 1 is 1.10 bits per heavy atom. The molecule has 1 heterocycles. The summed E-state index contributed by atoms with van der Waals surface area (Å²) in [5.41, 5.74) is 0.842. The minimum absolute atomic E-state index is 0.0299. The molecule has 0 saturated carbocycles. The third kappa shape index (κ3) is 4.97. The summed E-state index contributed by atoms with van der Waals surface area (Å²) in [7, 11) is 1.58. The van der Waals surface area contributed by atoms with E-state index < -0.39 is 5.78 Å². The molecule has 148 valence electrons. The number of fused-ring (bicyclic) bond motifs is 1. The van der Waals surface area contributed by atoms with Crippen LogP contribution in [0.15, 0.2) is 59.4 Å². The first kappa shape index (κ1) is 20.5. The van der Waals surface area contributed by atoms with E-state index in [0.717, 1.165) is 28.0 Å². The van der Waals surface area contributed by atoms with E-state index in [9.17, 15) is 14.4 Å². The molecule has 0 bridgehead atoms. The van der Waals surface area contributed by atoms with Crippen molar-refractivity contribution >= 4 is 39.1 Å². The molecule has 0 spiro atoms. The number of ketones is 2. The van der Waals surface area contributed by atoms with Crippen molar-refractivity contribution < 1.29 is 19.1 Å². The molecule has 0 radical (unpaired) electrons. The van der Waals surface area contributed by atoms with Gasteiger partial charge in [0.2, 0.25) is 4.74 Å². The molecule has 0 aliphatic carbocycles. The monoisotopic (exact) mass is 408 g/mol. The van der Waals surface area contributed by atoms with Crippen LogP contribution in [-0.2, 0) is 4.79 Å². The second kappa shape index (κ2) is 9.30. The van der Waals surface area contributed by atoms with Gasteiger partial charge in [0.15, 0.2) is 11.6 Å². The Balaban J connectivity index is 1.76. The Hall–Kier alpha value is -3.25. The molecule has 5 nitrogen and oxygen atoms in total. The molecule has 2 aromatic carbocycles. The Labute approximate surface area is 172 Å². The first-order valence-corrected chi connectivity index (χ1v) is 9.91. The zero-order chi connectivity index (χ0) is 20.8. The number of ether oxygens (including phenoxy) is 2. The standard InChI is InChI=1S/C23H20O5S/c1-3-28-21-6-4-5-16-13-19(23(26)29-22(16)21)20(25)14-17(24)10-7-15-8-11-18(27-2)12-9-15/h4-13H,3,14H2,1-2H3/b10-7-. The Kier molecular flexibility index (Phi) is 6.57. The van der Waals surface area contributed by atoms with Gasteiger partial charge in [-0.3, -0.25) is 14.4 Å². The lowest BCUT2D eigenvalue weighted by Gasteiger charge is -2.07. The van der Waals surface area contributed by atoms with Crippen LogP contribution in [0.3, 0.4) is 0 Å². The van der Waals surface area contributed by atoms with Gasteiger partial charge in [-0.15, -0.1) is 0 Å². The van der Waals surface area contributed by atoms with Crippen molar-refractivity contribution in [1.82, 2.24) is 0 Å². The number of Topliss-reactive ketones (excluding diaryl/α,β-unsaturated/α-hetero) is 1. The average molecular weight is 408 g/mol. The number of rotatable bonds is 8. The van der Waals surface area contributed by atoms with Crippen molar-refractivity contribution in [3.05, 3.63) is 75.3 Å². The Bertz CT molecular complexity index is 1130. The second-order valence-electron chi connectivity index (χ2n) is 6.23. The lowest BCUT2D eigenvalue weighted by atomic mass is 10.1. The van der Waals surface area contributed by atoms with Crippen LogP contribution >= 0.6 is 11.3 Å². The zero-order valence-electron chi connectivity index (χ0n) is 16.1. The highest BCUT2D eigenvalue weighted by molar-refractivity contribution is 7.16. The normalized spacial score (nSPS) is 11.0. The molecule has 0 atom stereocenters. The quantitative estimate of drug-likeness (QED) is 0.311. The zero-order valence-corrected chi connectivity index (χ0v) is 17.0. The molecule has 0 unspecified atom stereocenters. The molecule has 3 aromatic rings. The fourth-order valence-electron chi connectivity index (χ4n) is 2.80. The summed E-state index contributed by atoms with van der Waals surface area (Å²) in [6, 6.07) is 14.1. The van der Waals surface area contributed by atoms with E-state index in [2.05, 4.69) is 0 Å². The Morgan fingerprint density at radius 3 is 2.55 bits per heavy atom. The first-order chi connectivity index (χ1) is 14.0. The first-order valence-electron chi connectivity index (χ1n) is 9.09. The SMILES string of the molecule is CCOc1cccc2cc(C(=O)CC(=O)/C=C\c3ccc(OC)cc3)c(=O)sc12. The van der Waals surface area contributed by atoms with Gasteiger partial charge in [-0.1, -0.05) is 41.7 Å². The van der Waals surface area contributed by atoms with Crippen LogP contribution in [0.4, 0.5) is 0 Å². The van der Waals surface area contributed by atoms with Crippen LogP contribution in [0, 0.1) is 0 Å². The summed E-state index contributed by atoms with van der Waals surface area (Å²) in [4.78, 5) is 37.2. The number of allylic oxidation sites excluding steroid dienone is 1. The van der Waals surface area contributed by atoms with Crippen LogP contribution < -0.4 is 14.2 Å². The summed E-state index contributed by atoms with van der Waals surface area (Å²) in [5.74, 6) is 0.485. The summed E-state index contributed by atoms with van der Waals surface area (Å²) in [5, 5.41) is 0.741. The topological polar surface area (TPSA) is 69.7 Å². The lowest BCUT2D eigenvalue weighted by molar-refractivity contribution is -0.113. The minimum Gasteiger partial charge on any atom is -0.497 e. The lowest BCUT2D eigenvalue weighted by Crippen LogP contribution is -2.14. The maximum absolute atomic E-state index is 12.5. The molecule has 0 saturated heterocycles. The van der Waals surface area contributed by atoms with Crippen LogP contribution in [0.1, 0.15) is 29.3 Å². The highest BCUT2D eigenvalue weighted by Gasteiger charge is 2.16. The Morgan fingerprint density at radius 2 is 1.86 bits per heavy atom. The van der Waals surface area contributed by atoms with Crippen molar-refractivity contribution in [2.24, 2.45) is 0 Å². The summed E-state index contributed by atoms with van der Waals surface area (Å²) in [6.45, 7) is 2.35. The molecule has 0 aliphatic heterocycles. The van der Waals surface area contributed by atoms with Crippen molar-refractivity contribution in [2.75, 3.05) is 13.7 Å². The minimum atomic E-state index is -0.487. The smallest absolute Gasteiger partial charge is 0.243 e. The molecule has 0 fully saturated rings. The van der Waals surface area contributed by atoms with Crippen molar-refractivity contribution in [1.29, 1.82) is 0 Å². The number of benzene rings is 2. The van der Waals surface area contributed by atoms with Gasteiger partial charge in [-0.25, -0.2) is 0 Å². The van der Waals surface area contributed by atoms with E-state index >= 15 is 0 Å². The number of hydrogen-bond acceptors (Lipinski definition) is 6. The van der Waals surface area contributed by atoms with Gasteiger partial charge in [0.1, 0.15) is 11.5 Å². The van der Waals surface area contributed by atoms with E-state index in [-0.39, 0.29) is 22.5 Å². The van der Waals surface area contributed by atoms with Gasteiger partial charge in [0.05, 0.1) is 30.4 Å². The molecule has 0 amide bonds. The average Bonchev–Trinajstić information content (AvgIpc) is 2.73. The predicted octanol–water partition coefficient (Wildman–Crippen LogP) is 4.52. The molecule has 0 N–H and O–H groups in total. The van der Waals surface area contributed by atoms with Gasteiger partial charge >= 0.3 is 0 Å². The fourth-order valence-corrected chi connectivity index (χ4v) is 3.74. The van der Waals surface area contributed by atoms with Crippen LogP contribution in [0.2, 0.25) is 0 Å². The van der Waals surface area contributed by atoms with Gasteiger partial charge in [-0.05, 0) is 48.2 Å². The molecule has 29 heavy (non-hydrogen) atoms. The highest BCUT2D eigenvalue weighted by atomic mass is 32.1. The van der Waals surface area contributed by atoms with Crippen molar-refractivity contribution in [2.45, 2.75) is 13.3 Å². The number of carbonyl (C=O) groups is 2.